The van der Waals surface area contributed by atoms with Gasteiger partial charge in [-0.1, -0.05) is 11.6 Å². The van der Waals surface area contributed by atoms with Crippen molar-refractivity contribution in [2.45, 2.75) is 36.3 Å². The molecule has 1 saturated heterocycles. The lowest BCUT2D eigenvalue weighted by atomic mass is 10.0. The molecule has 0 saturated carbocycles. The topological polar surface area (TPSA) is 82.6 Å². The minimum atomic E-state index is -4.53. The summed E-state index contributed by atoms with van der Waals surface area (Å²) in [6.07, 6.45) is 1.42. The molecule has 1 aromatic carbocycles. The summed E-state index contributed by atoms with van der Waals surface area (Å²) in [6, 6.07) is 5.97. The van der Waals surface area contributed by atoms with Crippen LogP contribution in [0.4, 0.5) is 23.7 Å². The molecular formula is C20H18ClF3N4O3S. The van der Waals surface area contributed by atoms with Gasteiger partial charge in [0.15, 0.2) is 0 Å². The van der Waals surface area contributed by atoms with Crippen LogP contribution in [-0.2, 0) is 11.3 Å². The Kier molecular flexibility index (Phi) is 6.43. The van der Waals surface area contributed by atoms with Crippen LogP contribution in [-0.4, -0.2) is 45.8 Å². The van der Waals surface area contributed by atoms with E-state index in [2.05, 4.69) is 10.3 Å². The standard InChI is InChI=1S/C20H18ClF3N4O3S/c1-19(2)17(30)28(12-4-5-15(13(21)9-12)32-20(22,23)24)18(31)27(19)10-11-6-7-26-14(8-11)16(29)25-3/h4-9H,10H2,1-3H3,(H,25,29). The Morgan fingerprint density at radius 2 is 1.91 bits per heavy atom. The van der Waals surface area contributed by atoms with Crippen molar-refractivity contribution in [3.8, 4) is 0 Å². The molecule has 32 heavy (non-hydrogen) atoms. The maximum absolute atomic E-state index is 13.1. The fraction of sp³-hybridized carbons (Fsp3) is 0.300. The quantitative estimate of drug-likeness (QED) is 0.498. The SMILES string of the molecule is CNC(=O)c1cc(CN2C(=O)N(c3ccc(SC(F)(F)F)c(Cl)c3)C(=O)C2(C)C)ccn1. The molecule has 0 aliphatic carbocycles. The van der Waals surface area contributed by atoms with Crippen molar-refractivity contribution < 1.29 is 27.6 Å². The van der Waals surface area contributed by atoms with E-state index in [0.717, 1.165) is 17.0 Å². The highest BCUT2D eigenvalue weighted by atomic mass is 35.5. The molecule has 0 unspecified atom stereocenters. The number of anilines is 1. The average Bonchev–Trinajstić information content (AvgIpc) is 2.88. The first kappa shape index (κ1) is 23.9. The van der Waals surface area contributed by atoms with Crippen LogP contribution in [0.5, 0.6) is 0 Å². The lowest BCUT2D eigenvalue weighted by Gasteiger charge is -2.27. The zero-order chi connectivity index (χ0) is 23.8. The van der Waals surface area contributed by atoms with Crippen molar-refractivity contribution >= 4 is 46.9 Å². The van der Waals surface area contributed by atoms with Gasteiger partial charge in [-0.3, -0.25) is 14.6 Å². The molecule has 0 bridgehead atoms. The number of alkyl halides is 3. The Bertz CT molecular complexity index is 1090. The summed E-state index contributed by atoms with van der Waals surface area (Å²) in [5.41, 5.74) is -4.99. The smallest absolute Gasteiger partial charge is 0.354 e. The first-order chi connectivity index (χ1) is 14.8. The fourth-order valence-electron chi connectivity index (χ4n) is 3.17. The Morgan fingerprint density at radius 1 is 1.22 bits per heavy atom. The number of amides is 4. The molecule has 1 aliphatic heterocycles. The van der Waals surface area contributed by atoms with Crippen LogP contribution in [0.15, 0.2) is 41.4 Å². The van der Waals surface area contributed by atoms with Gasteiger partial charge in [0.25, 0.3) is 11.8 Å². The van der Waals surface area contributed by atoms with Crippen LogP contribution in [0, 0.1) is 0 Å². The van der Waals surface area contributed by atoms with Crippen LogP contribution in [0.25, 0.3) is 0 Å². The van der Waals surface area contributed by atoms with Gasteiger partial charge in [-0.2, -0.15) is 13.2 Å². The van der Waals surface area contributed by atoms with Gasteiger partial charge >= 0.3 is 11.5 Å². The highest BCUT2D eigenvalue weighted by Crippen LogP contribution is 2.42. The molecule has 3 rings (SSSR count). The first-order valence-electron chi connectivity index (χ1n) is 9.23. The van der Waals surface area contributed by atoms with E-state index in [9.17, 15) is 27.6 Å². The minimum absolute atomic E-state index is 0.0102. The highest BCUT2D eigenvalue weighted by Gasteiger charge is 2.51. The molecule has 2 heterocycles. The molecule has 1 N–H and O–H groups in total. The van der Waals surface area contributed by atoms with Crippen molar-refractivity contribution in [3.05, 3.63) is 52.8 Å². The Balaban J connectivity index is 1.90. The summed E-state index contributed by atoms with van der Waals surface area (Å²) in [4.78, 5) is 43.9. The molecule has 0 spiro atoms. The van der Waals surface area contributed by atoms with Gasteiger partial charge in [0, 0.05) is 24.7 Å². The van der Waals surface area contributed by atoms with Crippen LogP contribution < -0.4 is 10.2 Å². The summed E-state index contributed by atoms with van der Waals surface area (Å²) in [7, 11) is 1.46. The van der Waals surface area contributed by atoms with E-state index in [-0.39, 0.29) is 39.6 Å². The predicted molar refractivity (Wildman–Crippen MR) is 113 cm³/mol. The highest BCUT2D eigenvalue weighted by molar-refractivity contribution is 8.00. The number of carbonyl (C=O) groups excluding carboxylic acids is 3. The summed E-state index contributed by atoms with van der Waals surface area (Å²) in [6.45, 7) is 3.13. The third-order valence-corrected chi connectivity index (χ3v) is 6.08. The Labute approximate surface area is 190 Å². The number of carbonyl (C=O) groups is 3. The number of nitrogens with one attached hydrogen (secondary N) is 1. The largest absolute Gasteiger partial charge is 0.446 e. The fourth-order valence-corrected chi connectivity index (χ4v) is 4.00. The molecule has 0 radical (unpaired) electrons. The van der Waals surface area contributed by atoms with Gasteiger partial charge < -0.3 is 10.2 Å². The van der Waals surface area contributed by atoms with E-state index < -0.39 is 28.9 Å². The second-order valence-corrected chi connectivity index (χ2v) is 8.87. The van der Waals surface area contributed by atoms with Gasteiger partial charge in [0.2, 0.25) is 0 Å². The molecule has 2 aromatic rings. The first-order valence-corrected chi connectivity index (χ1v) is 10.4. The normalized spacial score (nSPS) is 16.0. The van der Waals surface area contributed by atoms with Gasteiger partial charge in [0.1, 0.15) is 11.2 Å². The summed E-state index contributed by atoms with van der Waals surface area (Å²) in [5, 5.41) is 2.23. The number of nitrogens with zero attached hydrogens (tertiary/aromatic N) is 3. The van der Waals surface area contributed by atoms with Gasteiger partial charge in [0.05, 0.1) is 10.7 Å². The van der Waals surface area contributed by atoms with Crippen molar-refractivity contribution in [1.82, 2.24) is 15.2 Å². The van der Waals surface area contributed by atoms with E-state index in [1.165, 1.54) is 30.3 Å². The van der Waals surface area contributed by atoms with Crippen LogP contribution in [0.1, 0.15) is 29.9 Å². The van der Waals surface area contributed by atoms with Gasteiger partial charge in [-0.05, 0) is 61.5 Å². The molecule has 1 fully saturated rings. The van der Waals surface area contributed by atoms with E-state index in [1.807, 2.05) is 0 Å². The molecule has 170 valence electrons. The Hall–Kier alpha value is -2.79. The van der Waals surface area contributed by atoms with Crippen molar-refractivity contribution in [1.29, 1.82) is 0 Å². The van der Waals surface area contributed by atoms with Crippen molar-refractivity contribution in [2.24, 2.45) is 0 Å². The molecule has 1 aliphatic rings. The van der Waals surface area contributed by atoms with E-state index in [1.54, 1.807) is 19.9 Å². The number of halogens is 4. The van der Waals surface area contributed by atoms with Crippen LogP contribution >= 0.6 is 23.4 Å². The summed E-state index contributed by atoms with van der Waals surface area (Å²) >= 11 is 5.60. The average molecular weight is 487 g/mol. The zero-order valence-electron chi connectivity index (χ0n) is 17.2. The number of thioether (sulfide) groups is 1. The van der Waals surface area contributed by atoms with Crippen LogP contribution in [0.3, 0.4) is 0 Å². The van der Waals surface area contributed by atoms with Crippen molar-refractivity contribution in [2.75, 3.05) is 11.9 Å². The lowest BCUT2D eigenvalue weighted by molar-refractivity contribution is -0.123. The monoisotopic (exact) mass is 486 g/mol. The third-order valence-electron chi connectivity index (χ3n) is 4.85. The van der Waals surface area contributed by atoms with Crippen LogP contribution in [0.2, 0.25) is 5.02 Å². The second kappa shape index (κ2) is 8.62. The number of urea groups is 1. The van der Waals surface area contributed by atoms with E-state index in [0.29, 0.717) is 5.56 Å². The lowest BCUT2D eigenvalue weighted by Crippen LogP contribution is -2.43. The second-order valence-electron chi connectivity index (χ2n) is 7.36. The molecule has 1 aromatic heterocycles. The number of benzene rings is 1. The maximum Gasteiger partial charge on any atom is 0.446 e. The predicted octanol–water partition coefficient (Wildman–Crippen LogP) is 4.45. The van der Waals surface area contributed by atoms with Crippen molar-refractivity contribution in [3.63, 3.8) is 0 Å². The molecule has 12 heteroatoms. The zero-order valence-corrected chi connectivity index (χ0v) is 18.7. The maximum atomic E-state index is 13.1. The van der Waals surface area contributed by atoms with Gasteiger partial charge in [-0.25, -0.2) is 9.69 Å². The Morgan fingerprint density at radius 3 is 2.50 bits per heavy atom. The summed E-state index contributed by atoms with van der Waals surface area (Å²) in [5.74, 6) is -0.960. The number of rotatable bonds is 5. The number of aromatic nitrogens is 1. The molecule has 0 atom stereocenters. The number of pyridine rings is 1. The molecule has 7 nitrogen and oxygen atoms in total. The van der Waals surface area contributed by atoms with Gasteiger partial charge in [-0.15, -0.1) is 0 Å². The summed E-state index contributed by atoms with van der Waals surface area (Å²) < 4.78 is 38.0. The van der Waals surface area contributed by atoms with E-state index in [4.69, 9.17) is 11.6 Å². The molecular weight excluding hydrogens is 469 g/mol. The number of hydrogen-bond donors (Lipinski definition) is 1. The minimum Gasteiger partial charge on any atom is -0.354 e. The number of hydrogen-bond acceptors (Lipinski definition) is 5. The van der Waals surface area contributed by atoms with E-state index >= 15 is 0 Å². The molecule has 4 amide bonds. The third kappa shape index (κ3) is 4.68. The number of imide groups is 1.